The highest BCUT2D eigenvalue weighted by atomic mass is 35.5. The number of benzene rings is 1. The van der Waals surface area contributed by atoms with Crippen molar-refractivity contribution in [1.82, 2.24) is 10.3 Å². The molecule has 22 heavy (non-hydrogen) atoms. The van der Waals surface area contributed by atoms with Gasteiger partial charge in [-0.05, 0) is 50.2 Å². The zero-order chi connectivity index (χ0) is 14.9. The second kappa shape index (κ2) is 5.75. The van der Waals surface area contributed by atoms with Gasteiger partial charge in [0.2, 0.25) is 0 Å². The first-order chi connectivity index (χ1) is 10.8. The zero-order valence-electron chi connectivity index (χ0n) is 12.2. The van der Waals surface area contributed by atoms with Gasteiger partial charge in [0.1, 0.15) is 12.4 Å². The number of halogens is 1. The topological polar surface area (TPSA) is 34.2 Å². The molecule has 0 atom stereocenters. The summed E-state index contributed by atoms with van der Waals surface area (Å²) in [5.74, 6) is 0.892. The minimum atomic E-state index is 0.548. The summed E-state index contributed by atoms with van der Waals surface area (Å²) >= 11 is 6.25. The first-order valence-corrected chi connectivity index (χ1v) is 8.00. The van der Waals surface area contributed by atoms with Crippen LogP contribution in [0.25, 0.3) is 5.57 Å². The summed E-state index contributed by atoms with van der Waals surface area (Å²) in [5, 5.41) is 4.15. The molecule has 112 valence electrons. The Labute approximate surface area is 135 Å². The van der Waals surface area contributed by atoms with E-state index in [0.29, 0.717) is 6.61 Å². The maximum atomic E-state index is 6.25. The summed E-state index contributed by atoms with van der Waals surface area (Å²) in [7, 11) is 0. The summed E-state index contributed by atoms with van der Waals surface area (Å²) in [6.07, 6.45) is 3.94. The van der Waals surface area contributed by atoms with Gasteiger partial charge in [-0.2, -0.15) is 0 Å². The lowest BCUT2D eigenvalue weighted by Crippen LogP contribution is -2.24. The third-order valence-corrected chi connectivity index (χ3v) is 4.52. The molecular formula is C18H17ClN2O. The van der Waals surface area contributed by atoms with Crippen LogP contribution in [0.15, 0.2) is 42.1 Å². The van der Waals surface area contributed by atoms with Crippen LogP contribution in [0, 0.1) is 0 Å². The van der Waals surface area contributed by atoms with Gasteiger partial charge in [-0.15, -0.1) is 0 Å². The van der Waals surface area contributed by atoms with Gasteiger partial charge < -0.3 is 10.1 Å². The maximum absolute atomic E-state index is 6.25. The Hall–Kier alpha value is -1.84. The fourth-order valence-corrected chi connectivity index (χ4v) is 3.40. The van der Waals surface area contributed by atoms with Crippen molar-refractivity contribution in [2.24, 2.45) is 0 Å². The first kappa shape index (κ1) is 13.8. The summed E-state index contributed by atoms with van der Waals surface area (Å²) in [5.41, 5.74) is 5.90. The van der Waals surface area contributed by atoms with Gasteiger partial charge >= 0.3 is 0 Å². The highest BCUT2D eigenvalue weighted by Crippen LogP contribution is 2.40. The van der Waals surface area contributed by atoms with E-state index in [1.54, 1.807) is 0 Å². The predicted octanol–water partition coefficient (Wildman–Crippen LogP) is 3.81. The third-order valence-electron chi connectivity index (χ3n) is 4.28. The Morgan fingerprint density at radius 1 is 1.14 bits per heavy atom. The number of piperidine rings is 1. The molecular weight excluding hydrogens is 296 g/mol. The SMILES string of the molecule is Clc1ccc2c(c1)C(=C1CCNCC1)c1ncccc1CO2. The molecule has 2 aromatic rings. The van der Waals surface area contributed by atoms with Crippen molar-refractivity contribution in [3.8, 4) is 5.75 Å². The van der Waals surface area contributed by atoms with Crippen LogP contribution in [0.5, 0.6) is 5.75 Å². The number of ether oxygens (including phenoxy) is 1. The molecule has 0 aliphatic carbocycles. The predicted molar refractivity (Wildman–Crippen MR) is 88.1 cm³/mol. The molecule has 3 heterocycles. The van der Waals surface area contributed by atoms with E-state index in [0.717, 1.165) is 53.5 Å². The molecule has 1 N–H and O–H groups in total. The van der Waals surface area contributed by atoms with Crippen LogP contribution < -0.4 is 10.1 Å². The number of hydrogen-bond acceptors (Lipinski definition) is 3. The summed E-state index contributed by atoms with van der Waals surface area (Å²) < 4.78 is 6.00. The van der Waals surface area contributed by atoms with E-state index >= 15 is 0 Å². The molecule has 0 bridgehead atoms. The van der Waals surface area contributed by atoms with Crippen LogP contribution >= 0.6 is 11.6 Å². The summed E-state index contributed by atoms with van der Waals surface area (Å²) in [4.78, 5) is 4.66. The van der Waals surface area contributed by atoms with E-state index in [1.165, 1.54) is 11.1 Å². The Morgan fingerprint density at radius 3 is 2.86 bits per heavy atom. The number of hydrogen-bond donors (Lipinski definition) is 1. The van der Waals surface area contributed by atoms with E-state index in [2.05, 4.69) is 16.4 Å². The molecule has 0 spiro atoms. The Bertz CT molecular complexity index is 747. The number of fused-ring (bicyclic) bond motifs is 2. The molecule has 2 aliphatic heterocycles. The smallest absolute Gasteiger partial charge is 0.127 e. The lowest BCUT2D eigenvalue weighted by Gasteiger charge is -2.21. The van der Waals surface area contributed by atoms with Crippen LogP contribution in [-0.2, 0) is 6.61 Å². The molecule has 2 aliphatic rings. The second-order valence-electron chi connectivity index (χ2n) is 5.67. The largest absolute Gasteiger partial charge is 0.488 e. The number of nitrogens with one attached hydrogen (secondary N) is 1. The van der Waals surface area contributed by atoms with Crippen LogP contribution in [-0.4, -0.2) is 18.1 Å². The van der Waals surface area contributed by atoms with Crippen molar-refractivity contribution in [3.05, 3.63) is 63.9 Å². The normalized spacial score (nSPS) is 17.3. The summed E-state index contributed by atoms with van der Waals surface area (Å²) in [6, 6.07) is 9.91. The molecule has 1 fully saturated rings. The average molecular weight is 313 g/mol. The van der Waals surface area contributed by atoms with Crippen molar-refractivity contribution in [1.29, 1.82) is 0 Å². The van der Waals surface area contributed by atoms with Crippen LogP contribution in [0.1, 0.15) is 29.7 Å². The number of pyridine rings is 1. The molecule has 4 heteroatoms. The van der Waals surface area contributed by atoms with Crippen molar-refractivity contribution in [2.45, 2.75) is 19.4 Å². The molecule has 0 amide bonds. The summed E-state index contributed by atoms with van der Waals surface area (Å²) in [6.45, 7) is 2.57. The lowest BCUT2D eigenvalue weighted by molar-refractivity contribution is 0.307. The molecule has 3 nitrogen and oxygen atoms in total. The van der Waals surface area contributed by atoms with Gasteiger partial charge in [-0.25, -0.2) is 0 Å². The van der Waals surface area contributed by atoms with E-state index in [9.17, 15) is 0 Å². The molecule has 0 radical (unpaired) electrons. The van der Waals surface area contributed by atoms with Crippen molar-refractivity contribution >= 4 is 17.2 Å². The third kappa shape index (κ3) is 2.40. The van der Waals surface area contributed by atoms with Crippen molar-refractivity contribution in [3.63, 3.8) is 0 Å². The average Bonchev–Trinajstić information content (AvgIpc) is 2.72. The standard InChI is InChI=1S/C18H17ClN2O/c19-14-3-4-16-15(10-14)17(12-5-8-20-9-6-12)18-13(11-22-16)2-1-7-21-18/h1-4,7,10,20H,5-6,8-9,11H2. The van der Waals surface area contributed by atoms with E-state index in [1.807, 2.05) is 30.5 Å². The molecule has 1 aromatic carbocycles. The van der Waals surface area contributed by atoms with E-state index < -0.39 is 0 Å². The van der Waals surface area contributed by atoms with Crippen LogP contribution in [0.2, 0.25) is 5.02 Å². The maximum Gasteiger partial charge on any atom is 0.127 e. The minimum absolute atomic E-state index is 0.548. The number of rotatable bonds is 0. The van der Waals surface area contributed by atoms with Crippen molar-refractivity contribution in [2.75, 3.05) is 13.1 Å². The zero-order valence-corrected chi connectivity index (χ0v) is 13.0. The Morgan fingerprint density at radius 2 is 2.00 bits per heavy atom. The van der Waals surface area contributed by atoms with Gasteiger partial charge in [0.05, 0.1) is 5.69 Å². The monoisotopic (exact) mass is 312 g/mol. The fraction of sp³-hybridized carbons (Fsp3) is 0.278. The van der Waals surface area contributed by atoms with E-state index in [-0.39, 0.29) is 0 Å². The molecule has 1 aromatic heterocycles. The van der Waals surface area contributed by atoms with Gasteiger partial charge in [0, 0.05) is 27.9 Å². The molecule has 1 saturated heterocycles. The fourth-order valence-electron chi connectivity index (χ4n) is 3.22. The quantitative estimate of drug-likeness (QED) is 0.803. The molecule has 0 unspecified atom stereocenters. The first-order valence-electron chi connectivity index (χ1n) is 7.62. The van der Waals surface area contributed by atoms with E-state index in [4.69, 9.17) is 16.3 Å². The number of nitrogens with zero attached hydrogens (tertiary/aromatic N) is 1. The van der Waals surface area contributed by atoms with Gasteiger partial charge in [-0.3, -0.25) is 4.98 Å². The van der Waals surface area contributed by atoms with Gasteiger partial charge in [0.25, 0.3) is 0 Å². The highest BCUT2D eigenvalue weighted by molar-refractivity contribution is 6.30. The van der Waals surface area contributed by atoms with Crippen molar-refractivity contribution < 1.29 is 4.74 Å². The lowest BCUT2D eigenvalue weighted by atomic mass is 9.89. The number of aromatic nitrogens is 1. The van der Waals surface area contributed by atoms with Gasteiger partial charge in [0.15, 0.2) is 0 Å². The highest BCUT2D eigenvalue weighted by Gasteiger charge is 2.24. The molecule has 4 rings (SSSR count). The van der Waals surface area contributed by atoms with Crippen LogP contribution in [0.3, 0.4) is 0 Å². The Kier molecular flexibility index (Phi) is 3.60. The molecule has 0 saturated carbocycles. The second-order valence-corrected chi connectivity index (χ2v) is 6.11. The Balaban J connectivity index is 1.99. The minimum Gasteiger partial charge on any atom is -0.488 e. The van der Waals surface area contributed by atoms with Crippen LogP contribution in [0.4, 0.5) is 0 Å². The van der Waals surface area contributed by atoms with Gasteiger partial charge in [-0.1, -0.05) is 23.2 Å².